The molecule has 0 aliphatic heterocycles. The molecular weight excluding hydrogens is 1180 g/mol. The summed E-state index contributed by atoms with van der Waals surface area (Å²) < 4.78 is 83.3. The summed E-state index contributed by atoms with van der Waals surface area (Å²) in [5, 5.41) is 4.66. The zero-order chi connectivity index (χ0) is 67.8. The van der Waals surface area contributed by atoms with E-state index in [2.05, 4.69) is 223 Å². The van der Waals surface area contributed by atoms with Gasteiger partial charge in [-0.25, -0.2) is 0 Å². The number of alkyl halides is 6. The lowest BCUT2D eigenvalue weighted by Gasteiger charge is -2.11. The molecule has 0 unspecified atom stereocenters. The number of halogens is 6. The molecule has 4 heterocycles. The largest absolute Gasteiger partial charge is 0.389 e. The van der Waals surface area contributed by atoms with Gasteiger partial charge in [-0.05, 0) is 192 Å². The standard InChI is InChI=1S/C22H26N.C21H21F3N.C21H24N.C20H19F3N/c1-6-8-18-9-7-10-21-19(18)11-12-22(23(21)5)20-14-15(2)13-16(3)17(20)4;1-14-4-5-15(2)18(12-14)20-9-7-17-13-16(10-11-21(22,23)24)6-8-19(17)25(20)3;1-5-7-17-8-6-9-20-18(17)12-13-21(22(20)4)19-14-15(2)10-11-16(19)3;1-14-5-3-4-6-17(14)19-10-8-16-13-15(11-12-20(21,22)23)7-9-18(16)24(19)2/h7,9-14H,6,8H2,1-5H3;4-9,12-13H,10-11H2,1-3H3;6,8-14H,5,7H2,1-4H3;3-10,13H,11-12H2,1-2H3/q4*+1. The number of pyridine rings is 4. The molecule has 8 aromatic carbocycles. The van der Waals surface area contributed by atoms with Crippen LogP contribution in [0, 0.1) is 55.4 Å². The minimum atomic E-state index is -4.12. The molecule has 0 aliphatic carbocycles. The molecule has 12 aromatic rings. The number of fused-ring (bicyclic) bond motifs is 4. The van der Waals surface area contributed by atoms with Crippen molar-refractivity contribution < 1.29 is 44.6 Å². The Morgan fingerprint density at radius 2 is 0.702 bits per heavy atom. The molecule has 0 bridgehead atoms. The summed E-state index contributed by atoms with van der Waals surface area (Å²) >= 11 is 0. The zero-order valence-corrected chi connectivity index (χ0v) is 57.2. The minimum absolute atomic E-state index is 0.0158. The fraction of sp³-hybridized carbons (Fsp3) is 0.286. The number of hydrogen-bond acceptors (Lipinski definition) is 0. The number of hydrogen-bond donors (Lipinski definition) is 0. The third-order valence-electron chi connectivity index (χ3n) is 18.4. The molecule has 0 saturated carbocycles. The fourth-order valence-corrected chi connectivity index (χ4v) is 13.0. The molecule has 0 saturated heterocycles. The summed E-state index contributed by atoms with van der Waals surface area (Å²) in [7, 11) is 8.34. The molecule has 4 nitrogen and oxygen atoms in total. The Bertz CT molecular complexity index is 4710. The van der Waals surface area contributed by atoms with Crippen LogP contribution in [0.2, 0.25) is 0 Å². The lowest BCUT2D eigenvalue weighted by atomic mass is 9.96. The summed E-state index contributed by atoms with van der Waals surface area (Å²) in [5.41, 5.74) is 29.0. The minimum Gasteiger partial charge on any atom is -0.194 e. The van der Waals surface area contributed by atoms with E-state index in [9.17, 15) is 26.3 Å². The van der Waals surface area contributed by atoms with Gasteiger partial charge >= 0.3 is 12.4 Å². The van der Waals surface area contributed by atoms with Gasteiger partial charge in [-0.15, -0.1) is 0 Å². The van der Waals surface area contributed by atoms with Crippen molar-refractivity contribution >= 4 is 43.6 Å². The zero-order valence-electron chi connectivity index (χ0n) is 57.2. The van der Waals surface area contributed by atoms with E-state index in [1.807, 2.05) is 74.8 Å². The number of benzene rings is 8. The van der Waals surface area contributed by atoms with E-state index < -0.39 is 25.2 Å². The Kier molecular flexibility index (Phi) is 22.1. The van der Waals surface area contributed by atoms with E-state index in [0.29, 0.717) is 11.1 Å². The van der Waals surface area contributed by atoms with Crippen LogP contribution in [-0.2, 0) is 53.9 Å². The van der Waals surface area contributed by atoms with Crippen molar-refractivity contribution in [2.24, 2.45) is 28.2 Å². The van der Waals surface area contributed by atoms with Crippen molar-refractivity contribution in [3.8, 4) is 45.0 Å². The van der Waals surface area contributed by atoms with Crippen LogP contribution in [-0.4, -0.2) is 12.4 Å². The van der Waals surface area contributed by atoms with Gasteiger partial charge in [0.2, 0.25) is 44.8 Å². The normalized spacial score (nSPS) is 11.5. The summed E-state index contributed by atoms with van der Waals surface area (Å²) in [6.07, 6.45) is -5.13. The van der Waals surface area contributed by atoms with E-state index in [1.54, 1.807) is 12.1 Å². The Labute approximate surface area is 552 Å². The highest BCUT2D eigenvalue weighted by atomic mass is 19.4. The molecule has 484 valence electrons. The van der Waals surface area contributed by atoms with Crippen molar-refractivity contribution in [1.82, 2.24) is 0 Å². The topological polar surface area (TPSA) is 15.5 Å². The van der Waals surface area contributed by atoms with E-state index in [1.165, 1.54) is 118 Å². The first-order valence-electron chi connectivity index (χ1n) is 32.8. The van der Waals surface area contributed by atoms with Gasteiger partial charge in [-0.2, -0.15) is 44.6 Å². The molecule has 0 radical (unpaired) electrons. The molecule has 0 amide bonds. The number of rotatable bonds is 12. The Balaban J connectivity index is 0.000000148. The van der Waals surface area contributed by atoms with Crippen LogP contribution in [0.4, 0.5) is 26.3 Å². The molecule has 0 N–H and O–H groups in total. The molecule has 12 rings (SSSR count). The van der Waals surface area contributed by atoms with Crippen LogP contribution in [0.5, 0.6) is 0 Å². The SMILES string of the molecule is CCCc1cccc2c1ccc(-c1cc(C)cc(C)c1C)[n+]2C.CCCc1cccc2c1ccc(-c1cc(C)ccc1C)[n+]2C.Cc1ccc(C)c(-c2ccc3cc(CCC(F)(F)F)ccc3[n+]2C)c1.Cc1ccccc1-c1ccc2cc(CCC(F)(F)F)ccc2[n+]1C. The average Bonchev–Trinajstić information content (AvgIpc) is 0.882. The summed E-state index contributed by atoms with van der Waals surface area (Å²) in [5.74, 6) is 0. The number of aromatic nitrogens is 4. The molecule has 0 aliphatic rings. The lowest BCUT2D eigenvalue weighted by Crippen LogP contribution is -2.32. The Hall–Kier alpha value is -9.02. The van der Waals surface area contributed by atoms with Gasteiger partial charge in [0.15, 0.2) is 0 Å². The smallest absolute Gasteiger partial charge is 0.194 e. The van der Waals surface area contributed by atoms with Crippen LogP contribution in [0.1, 0.15) is 106 Å². The maximum atomic E-state index is 12.4. The van der Waals surface area contributed by atoms with Gasteiger partial charge in [0, 0.05) is 105 Å². The predicted octanol–water partition coefficient (Wildman–Crippen LogP) is 20.7. The molecule has 0 fully saturated rings. The first-order chi connectivity index (χ1) is 44.7. The van der Waals surface area contributed by atoms with Crippen molar-refractivity contribution in [3.05, 3.63) is 261 Å². The highest BCUT2D eigenvalue weighted by Crippen LogP contribution is 2.32. The Morgan fingerprint density at radius 3 is 1.14 bits per heavy atom. The average molecular weight is 1270 g/mol. The van der Waals surface area contributed by atoms with E-state index in [4.69, 9.17) is 0 Å². The van der Waals surface area contributed by atoms with E-state index in [0.717, 1.165) is 51.6 Å². The first-order valence-corrected chi connectivity index (χ1v) is 32.8. The van der Waals surface area contributed by atoms with Crippen LogP contribution < -0.4 is 18.3 Å². The molecule has 10 heteroatoms. The predicted molar refractivity (Wildman–Crippen MR) is 377 cm³/mol. The quantitative estimate of drug-likeness (QED) is 0.0856. The van der Waals surface area contributed by atoms with Crippen molar-refractivity contribution in [2.75, 3.05) is 0 Å². The van der Waals surface area contributed by atoms with Gasteiger partial charge < -0.3 is 0 Å². The third kappa shape index (κ3) is 16.5. The second-order valence-corrected chi connectivity index (χ2v) is 25.5. The second-order valence-electron chi connectivity index (χ2n) is 25.5. The van der Waals surface area contributed by atoms with Crippen LogP contribution in [0.25, 0.3) is 88.6 Å². The summed E-state index contributed by atoms with van der Waals surface area (Å²) in [6, 6.07) is 67.4. The molecule has 94 heavy (non-hydrogen) atoms. The van der Waals surface area contributed by atoms with Crippen molar-refractivity contribution in [2.45, 2.75) is 133 Å². The third-order valence-corrected chi connectivity index (χ3v) is 18.4. The number of nitrogens with zero attached hydrogens (tertiary/aromatic N) is 4. The Morgan fingerprint density at radius 1 is 0.309 bits per heavy atom. The van der Waals surface area contributed by atoms with E-state index >= 15 is 0 Å². The lowest BCUT2D eigenvalue weighted by molar-refractivity contribution is -0.633. The van der Waals surface area contributed by atoms with Crippen molar-refractivity contribution in [1.29, 1.82) is 0 Å². The number of aryl methyl sites for hydroxylation is 15. The summed E-state index contributed by atoms with van der Waals surface area (Å²) in [4.78, 5) is 0. The molecular formula is C84H90F6N4+4. The highest BCUT2D eigenvalue weighted by Gasteiger charge is 2.28. The highest BCUT2D eigenvalue weighted by molar-refractivity contribution is 5.84. The van der Waals surface area contributed by atoms with Crippen LogP contribution in [0.3, 0.4) is 0 Å². The van der Waals surface area contributed by atoms with Crippen LogP contribution in [0.15, 0.2) is 194 Å². The van der Waals surface area contributed by atoms with Gasteiger partial charge in [-0.3, -0.25) is 0 Å². The van der Waals surface area contributed by atoms with Gasteiger partial charge in [-0.1, -0.05) is 128 Å². The van der Waals surface area contributed by atoms with Gasteiger partial charge in [0.05, 0.1) is 0 Å². The van der Waals surface area contributed by atoms with Crippen LogP contribution >= 0.6 is 0 Å². The van der Waals surface area contributed by atoms with Gasteiger partial charge in [0.25, 0.3) is 0 Å². The fourth-order valence-electron chi connectivity index (χ4n) is 13.0. The van der Waals surface area contributed by atoms with Crippen molar-refractivity contribution in [3.63, 3.8) is 0 Å². The van der Waals surface area contributed by atoms with E-state index in [-0.39, 0.29) is 12.8 Å². The van der Waals surface area contributed by atoms with Gasteiger partial charge in [0.1, 0.15) is 28.2 Å². The summed E-state index contributed by atoms with van der Waals surface area (Å²) in [6.45, 7) is 21.6. The second kappa shape index (κ2) is 29.9. The molecule has 4 aromatic heterocycles. The molecule has 0 atom stereocenters. The maximum absolute atomic E-state index is 12.4. The molecule has 0 spiro atoms. The first kappa shape index (κ1) is 69.3. The monoisotopic (exact) mass is 1270 g/mol. The maximum Gasteiger partial charge on any atom is 0.389 e.